The minimum atomic E-state index is -0.526. The highest BCUT2D eigenvalue weighted by molar-refractivity contribution is 9.10. The average Bonchev–Trinajstić information content (AvgIpc) is 2.81. The highest BCUT2D eigenvalue weighted by atomic mass is 79.9. The van der Waals surface area contributed by atoms with Gasteiger partial charge < -0.3 is 5.32 Å². The van der Waals surface area contributed by atoms with Crippen LogP contribution >= 0.6 is 27.3 Å². The standard InChI is InChI=1S/C10H6BrN3O3S/c11-9-6(2-1-5-12-9)13-10(15)7-3-4-8(18-7)14(16)17/h1-5H,(H,13,15). The summed E-state index contributed by atoms with van der Waals surface area (Å²) in [4.78, 5) is 26.1. The number of rotatable bonds is 3. The van der Waals surface area contributed by atoms with Gasteiger partial charge in [-0.15, -0.1) is 0 Å². The second-order valence-corrected chi connectivity index (χ2v) is 5.00. The Labute approximate surface area is 114 Å². The Balaban J connectivity index is 2.17. The summed E-state index contributed by atoms with van der Waals surface area (Å²) in [7, 11) is 0. The quantitative estimate of drug-likeness (QED) is 0.533. The van der Waals surface area contributed by atoms with Crippen LogP contribution in [-0.4, -0.2) is 15.8 Å². The Hall–Kier alpha value is -1.80. The second-order valence-electron chi connectivity index (χ2n) is 3.19. The predicted molar refractivity (Wildman–Crippen MR) is 70.9 cm³/mol. The first-order chi connectivity index (χ1) is 8.58. The van der Waals surface area contributed by atoms with E-state index in [1.165, 1.54) is 12.1 Å². The van der Waals surface area contributed by atoms with E-state index in [1.54, 1.807) is 18.3 Å². The Morgan fingerprint density at radius 3 is 2.83 bits per heavy atom. The van der Waals surface area contributed by atoms with E-state index in [0.717, 1.165) is 11.3 Å². The van der Waals surface area contributed by atoms with Crippen LogP contribution in [-0.2, 0) is 0 Å². The van der Waals surface area contributed by atoms with E-state index in [-0.39, 0.29) is 9.88 Å². The van der Waals surface area contributed by atoms with Crippen LogP contribution in [0, 0.1) is 10.1 Å². The number of hydrogen-bond donors (Lipinski definition) is 1. The molecule has 0 aliphatic rings. The minimum Gasteiger partial charge on any atom is -0.319 e. The van der Waals surface area contributed by atoms with Crippen molar-refractivity contribution in [2.75, 3.05) is 5.32 Å². The molecule has 0 spiro atoms. The van der Waals surface area contributed by atoms with E-state index >= 15 is 0 Å². The molecule has 0 bridgehead atoms. The summed E-state index contributed by atoms with van der Waals surface area (Å²) in [6.07, 6.45) is 1.58. The van der Waals surface area contributed by atoms with Crippen molar-refractivity contribution in [1.82, 2.24) is 4.98 Å². The van der Waals surface area contributed by atoms with E-state index in [9.17, 15) is 14.9 Å². The van der Waals surface area contributed by atoms with Crippen LogP contribution in [0.2, 0.25) is 0 Å². The fourth-order valence-electron chi connectivity index (χ4n) is 1.21. The number of pyridine rings is 1. The molecule has 0 aromatic carbocycles. The first-order valence-corrected chi connectivity index (χ1v) is 6.35. The Morgan fingerprint density at radius 1 is 1.44 bits per heavy atom. The monoisotopic (exact) mass is 327 g/mol. The van der Waals surface area contributed by atoms with Gasteiger partial charge in [-0.3, -0.25) is 14.9 Å². The molecule has 2 aromatic heterocycles. The molecular weight excluding hydrogens is 322 g/mol. The Bertz CT molecular complexity index is 614. The number of aromatic nitrogens is 1. The second kappa shape index (κ2) is 5.23. The van der Waals surface area contributed by atoms with Gasteiger partial charge in [0.25, 0.3) is 5.91 Å². The summed E-state index contributed by atoms with van der Waals surface area (Å²) in [6.45, 7) is 0. The van der Waals surface area contributed by atoms with Crippen LogP contribution < -0.4 is 5.32 Å². The van der Waals surface area contributed by atoms with Gasteiger partial charge >= 0.3 is 5.00 Å². The van der Waals surface area contributed by atoms with Crippen molar-refractivity contribution in [3.63, 3.8) is 0 Å². The maximum Gasteiger partial charge on any atom is 0.324 e. The first-order valence-electron chi connectivity index (χ1n) is 4.74. The number of nitrogens with one attached hydrogen (secondary N) is 1. The van der Waals surface area contributed by atoms with Crippen molar-refractivity contribution < 1.29 is 9.72 Å². The molecule has 0 fully saturated rings. The van der Waals surface area contributed by atoms with Crippen LogP contribution in [0.5, 0.6) is 0 Å². The van der Waals surface area contributed by atoms with Gasteiger partial charge in [-0.25, -0.2) is 4.98 Å². The lowest BCUT2D eigenvalue weighted by molar-refractivity contribution is -0.380. The summed E-state index contributed by atoms with van der Waals surface area (Å²) >= 11 is 4.02. The van der Waals surface area contributed by atoms with E-state index in [2.05, 4.69) is 26.2 Å². The number of carbonyl (C=O) groups is 1. The lowest BCUT2D eigenvalue weighted by Gasteiger charge is -2.04. The van der Waals surface area contributed by atoms with Crippen LogP contribution in [0.3, 0.4) is 0 Å². The van der Waals surface area contributed by atoms with Crippen molar-refractivity contribution in [3.8, 4) is 0 Å². The molecule has 18 heavy (non-hydrogen) atoms. The maximum absolute atomic E-state index is 11.8. The number of halogens is 1. The fraction of sp³-hybridized carbons (Fsp3) is 0. The SMILES string of the molecule is O=C(Nc1cccnc1Br)c1ccc([N+](=O)[O-])s1. The molecule has 0 atom stereocenters. The molecule has 0 unspecified atom stereocenters. The van der Waals surface area contributed by atoms with Crippen molar-refractivity contribution in [3.05, 3.63) is 50.1 Å². The summed E-state index contributed by atoms with van der Waals surface area (Å²) in [5, 5.41) is 13.1. The highest BCUT2D eigenvalue weighted by Gasteiger charge is 2.16. The van der Waals surface area contributed by atoms with Gasteiger partial charge in [0.1, 0.15) is 4.60 Å². The van der Waals surface area contributed by atoms with Gasteiger partial charge in [0, 0.05) is 12.3 Å². The predicted octanol–water partition coefficient (Wildman–Crippen LogP) is 3.07. The lowest BCUT2D eigenvalue weighted by atomic mass is 10.4. The first kappa shape index (κ1) is 12.7. The third kappa shape index (κ3) is 2.71. The smallest absolute Gasteiger partial charge is 0.319 e. The van der Waals surface area contributed by atoms with E-state index in [1.807, 2.05) is 0 Å². The highest BCUT2D eigenvalue weighted by Crippen LogP contribution is 2.25. The van der Waals surface area contributed by atoms with E-state index < -0.39 is 10.8 Å². The van der Waals surface area contributed by atoms with Crippen molar-refractivity contribution in [2.45, 2.75) is 0 Å². The molecule has 8 heteroatoms. The van der Waals surface area contributed by atoms with Gasteiger partial charge in [-0.2, -0.15) is 0 Å². The Kier molecular flexibility index (Phi) is 3.68. The van der Waals surface area contributed by atoms with E-state index in [4.69, 9.17) is 0 Å². The van der Waals surface area contributed by atoms with E-state index in [0.29, 0.717) is 10.3 Å². The number of nitro groups is 1. The zero-order valence-electron chi connectivity index (χ0n) is 8.79. The number of hydrogen-bond acceptors (Lipinski definition) is 5. The topological polar surface area (TPSA) is 85.1 Å². The number of carbonyl (C=O) groups excluding carboxylic acids is 1. The minimum absolute atomic E-state index is 0.0644. The van der Waals surface area contributed by atoms with Crippen LogP contribution in [0.15, 0.2) is 35.1 Å². The lowest BCUT2D eigenvalue weighted by Crippen LogP contribution is -2.10. The molecule has 0 aliphatic carbocycles. The van der Waals surface area contributed by atoms with Crippen molar-refractivity contribution >= 4 is 43.9 Å². The molecule has 1 N–H and O–H groups in total. The molecule has 6 nitrogen and oxygen atoms in total. The summed E-state index contributed by atoms with van der Waals surface area (Å²) in [6, 6.07) is 6.08. The van der Waals surface area contributed by atoms with Crippen molar-refractivity contribution in [2.24, 2.45) is 0 Å². The van der Waals surface area contributed by atoms with Crippen molar-refractivity contribution in [1.29, 1.82) is 0 Å². The molecular formula is C10H6BrN3O3S. The van der Waals surface area contributed by atoms with Crippen LogP contribution in [0.1, 0.15) is 9.67 Å². The largest absolute Gasteiger partial charge is 0.324 e. The average molecular weight is 328 g/mol. The normalized spacial score (nSPS) is 10.1. The third-order valence-electron chi connectivity index (χ3n) is 2.00. The van der Waals surface area contributed by atoms with Crippen LogP contribution in [0.25, 0.3) is 0 Å². The molecule has 1 amide bonds. The zero-order chi connectivity index (χ0) is 13.1. The molecule has 2 aromatic rings. The van der Waals surface area contributed by atoms with Gasteiger partial charge in [0.05, 0.1) is 15.5 Å². The zero-order valence-corrected chi connectivity index (χ0v) is 11.2. The molecule has 2 rings (SSSR count). The molecule has 2 heterocycles. The number of amides is 1. The maximum atomic E-state index is 11.8. The molecule has 0 aliphatic heterocycles. The summed E-state index contributed by atoms with van der Waals surface area (Å²) in [5.74, 6) is -0.401. The van der Waals surface area contributed by atoms with Gasteiger partial charge in [0.15, 0.2) is 0 Å². The number of anilines is 1. The number of thiophene rings is 1. The molecule has 0 saturated carbocycles. The molecule has 0 saturated heterocycles. The molecule has 0 radical (unpaired) electrons. The van der Waals surface area contributed by atoms with Crippen LogP contribution in [0.4, 0.5) is 10.7 Å². The summed E-state index contributed by atoms with van der Waals surface area (Å²) in [5.41, 5.74) is 0.513. The Morgan fingerprint density at radius 2 is 2.22 bits per heavy atom. The molecule has 92 valence electrons. The number of nitrogens with zero attached hydrogens (tertiary/aromatic N) is 2. The summed E-state index contributed by atoms with van der Waals surface area (Å²) < 4.78 is 0.504. The third-order valence-corrected chi connectivity index (χ3v) is 3.67. The van der Waals surface area contributed by atoms with Gasteiger partial charge in [0.2, 0.25) is 0 Å². The van der Waals surface area contributed by atoms with Gasteiger partial charge in [-0.1, -0.05) is 11.3 Å². The fourth-order valence-corrected chi connectivity index (χ4v) is 2.28. The van der Waals surface area contributed by atoms with Gasteiger partial charge in [-0.05, 0) is 34.1 Å².